The molecule has 0 atom stereocenters. The van der Waals surface area contributed by atoms with Crippen LogP contribution in [0, 0.1) is 0 Å². The Labute approximate surface area is 107 Å². The van der Waals surface area contributed by atoms with E-state index in [-0.39, 0.29) is 0 Å². The fourth-order valence-corrected chi connectivity index (χ4v) is 1.61. The second-order valence-electron chi connectivity index (χ2n) is 4.33. The Balaban J connectivity index is 2.20. The minimum absolute atomic E-state index is 0.471. The minimum atomic E-state index is 0.471. The summed E-state index contributed by atoms with van der Waals surface area (Å²) in [5.41, 5.74) is 3.73. The van der Waals surface area contributed by atoms with Gasteiger partial charge in [0.15, 0.2) is 0 Å². The first-order valence-corrected chi connectivity index (χ1v) is 5.90. The molecular formula is C14H17N3O. The number of pyridine rings is 1. The summed E-state index contributed by atoms with van der Waals surface area (Å²) in [5, 5.41) is 0. The van der Waals surface area contributed by atoms with Crippen LogP contribution in [0.3, 0.4) is 0 Å². The number of nitrogen functional groups attached to an aromatic ring is 1. The Kier molecular flexibility index (Phi) is 3.79. The van der Waals surface area contributed by atoms with Gasteiger partial charge in [0, 0.05) is 6.07 Å². The molecule has 0 saturated heterocycles. The predicted molar refractivity (Wildman–Crippen MR) is 72.7 cm³/mol. The monoisotopic (exact) mass is 243 g/mol. The summed E-state index contributed by atoms with van der Waals surface area (Å²) in [6, 6.07) is 13.4. The zero-order valence-corrected chi connectivity index (χ0v) is 10.6. The Morgan fingerprint density at radius 2 is 1.94 bits per heavy atom. The lowest BCUT2D eigenvalue weighted by molar-refractivity contribution is 0.462. The average Bonchev–Trinajstić information content (AvgIpc) is 2.39. The third kappa shape index (κ3) is 2.99. The van der Waals surface area contributed by atoms with Crippen molar-refractivity contribution in [2.75, 3.05) is 5.43 Å². The van der Waals surface area contributed by atoms with E-state index in [1.54, 1.807) is 12.1 Å². The maximum Gasteiger partial charge on any atom is 0.221 e. The van der Waals surface area contributed by atoms with Crippen LogP contribution in [-0.4, -0.2) is 4.98 Å². The lowest BCUT2D eigenvalue weighted by Crippen LogP contribution is -2.08. The zero-order valence-electron chi connectivity index (χ0n) is 10.6. The molecule has 0 aliphatic carbocycles. The summed E-state index contributed by atoms with van der Waals surface area (Å²) < 4.78 is 5.70. The number of nitrogens with one attached hydrogen (secondary N) is 1. The van der Waals surface area contributed by atoms with E-state index >= 15 is 0 Å². The molecule has 1 aromatic heterocycles. The van der Waals surface area contributed by atoms with Crippen LogP contribution in [-0.2, 0) is 0 Å². The first kappa shape index (κ1) is 12.4. The molecule has 0 aliphatic rings. The fraction of sp³-hybridized carbons (Fsp3) is 0.214. The number of nitrogens with zero attached hydrogens (tertiary/aromatic N) is 1. The first-order chi connectivity index (χ1) is 8.69. The molecule has 4 heteroatoms. The highest BCUT2D eigenvalue weighted by atomic mass is 16.5. The van der Waals surface area contributed by atoms with Gasteiger partial charge in [-0.15, -0.1) is 0 Å². The highest BCUT2D eigenvalue weighted by Gasteiger charge is 2.03. The molecule has 3 N–H and O–H groups in total. The van der Waals surface area contributed by atoms with Gasteiger partial charge < -0.3 is 10.2 Å². The summed E-state index contributed by atoms with van der Waals surface area (Å²) in [6.45, 7) is 4.30. The number of aromatic nitrogens is 1. The number of benzene rings is 1. The molecule has 4 nitrogen and oxygen atoms in total. The van der Waals surface area contributed by atoms with Gasteiger partial charge in [-0.1, -0.05) is 32.0 Å². The van der Waals surface area contributed by atoms with Crippen molar-refractivity contribution in [3.63, 3.8) is 0 Å². The highest BCUT2D eigenvalue weighted by molar-refractivity contribution is 5.38. The van der Waals surface area contributed by atoms with E-state index in [0.717, 1.165) is 5.75 Å². The largest absolute Gasteiger partial charge is 0.439 e. The number of ether oxygens (including phenoxy) is 1. The first-order valence-electron chi connectivity index (χ1n) is 5.90. The number of hydrazine groups is 1. The molecule has 0 amide bonds. The summed E-state index contributed by atoms with van der Waals surface area (Å²) >= 11 is 0. The van der Waals surface area contributed by atoms with Crippen molar-refractivity contribution in [1.29, 1.82) is 0 Å². The van der Waals surface area contributed by atoms with E-state index in [4.69, 9.17) is 10.6 Å². The van der Waals surface area contributed by atoms with E-state index in [2.05, 4.69) is 30.3 Å². The van der Waals surface area contributed by atoms with Crippen LogP contribution in [0.25, 0.3) is 0 Å². The summed E-state index contributed by atoms with van der Waals surface area (Å²) in [5.74, 6) is 7.66. The van der Waals surface area contributed by atoms with E-state index in [0.29, 0.717) is 17.6 Å². The Morgan fingerprint density at radius 3 is 2.67 bits per heavy atom. The highest BCUT2D eigenvalue weighted by Crippen LogP contribution is 2.24. The second-order valence-corrected chi connectivity index (χ2v) is 4.33. The number of anilines is 1. The maximum absolute atomic E-state index is 5.70. The van der Waals surface area contributed by atoms with Crippen molar-refractivity contribution in [2.45, 2.75) is 19.8 Å². The summed E-state index contributed by atoms with van der Waals surface area (Å²) in [4.78, 5) is 4.20. The van der Waals surface area contributed by atoms with E-state index in [9.17, 15) is 0 Å². The molecule has 0 spiro atoms. The van der Waals surface area contributed by atoms with Gasteiger partial charge in [0.25, 0.3) is 0 Å². The third-order valence-electron chi connectivity index (χ3n) is 2.62. The van der Waals surface area contributed by atoms with Gasteiger partial charge in [-0.05, 0) is 29.7 Å². The van der Waals surface area contributed by atoms with Crippen LogP contribution in [0.5, 0.6) is 11.6 Å². The van der Waals surface area contributed by atoms with Gasteiger partial charge in [0.05, 0.1) is 0 Å². The topological polar surface area (TPSA) is 60.2 Å². The van der Waals surface area contributed by atoms with Gasteiger partial charge in [-0.2, -0.15) is 4.98 Å². The van der Waals surface area contributed by atoms with Crippen molar-refractivity contribution in [2.24, 2.45) is 5.84 Å². The van der Waals surface area contributed by atoms with E-state index < -0.39 is 0 Å². The molecule has 0 radical (unpaired) electrons. The minimum Gasteiger partial charge on any atom is -0.439 e. The molecule has 1 heterocycles. The van der Waals surface area contributed by atoms with Crippen LogP contribution >= 0.6 is 0 Å². The lowest BCUT2D eigenvalue weighted by Gasteiger charge is -2.09. The third-order valence-corrected chi connectivity index (χ3v) is 2.62. The molecule has 2 aromatic rings. The molecule has 0 aliphatic heterocycles. The van der Waals surface area contributed by atoms with Crippen LogP contribution < -0.4 is 16.0 Å². The molecule has 0 bridgehead atoms. The number of hydrogen-bond donors (Lipinski definition) is 2. The SMILES string of the molecule is CC(C)c1cccc(Oc2cccc(NN)n2)c1. The van der Waals surface area contributed by atoms with Crippen LogP contribution in [0.1, 0.15) is 25.3 Å². The van der Waals surface area contributed by atoms with Gasteiger partial charge >= 0.3 is 0 Å². The van der Waals surface area contributed by atoms with Crippen molar-refractivity contribution in [3.8, 4) is 11.6 Å². The number of rotatable bonds is 4. The summed E-state index contributed by atoms with van der Waals surface area (Å²) in [6.07, 6.45) is 0. The average molecular weight is 243 g/mol. The smallest absolute Gasteiger partial charge is 0.221 e. The molecule has 0 unspecified atom stereocenters. The van der Waals surface area contributed by atoms with Crippen molar-refractivity contribution in [1.82, 2.24) is 4.98 Å². The molecule has 0 saturated carbocycles. The van der Waals surface area contributed by atoms with E-state index in [1.807, 2.05) is 24.3 Å². The van der Waals surface area contributed by atoms with Gasteiger partial charge in [0.1, 0.15) is 11.6 Å². The van der Waals surface area contributed by atoms with Crippen LogP contribution in [0.2, 0.25) is 0 Å². The Bertz CT molecular complexity index is 526. The molecule has 1 aromatic carbocycles. The molecule has 18 heavy (non-hydrogen) atoms. The zero-order chi connectivity index (χ0) is 13.0. The summed E-state index contributed by atoms with van der Waals surface area (Å²) in [7, 11) is 0. The van der Waals surface area contributed by atoms with Gasteiger partial charge in [-0.3, -0.25) is 0 Å². The molecule has 2 rings (SSSR count). The second kappa shape index (κ2) is 5.51. The van der Waals surface area contributed by atoms with Crippen molar-refractivity contribution >= 4 is 5.82 Å². The van der Waals surface area contributed by atoms with Crippen molar-refractivity contribution < 1.29 is 4.74 Å². The fourth-order valence-electron chi connectivity index (χ4n) is 1.61. The van der Waals surface area contributed by atoms with Gasteiger partial charge in [0.2, 0.25) is 5.88 Å². The molecule has 94 valence electrons. The number of hydrogen-bond acceptors (Lipinski definition) is 4. The van der Waals surface area contributed by atoms with Crippen molar-refractivity contribution in [3.05, 3.63) is 48.0 Å². The molecule has 0 fully saturated rings. The quantitative estimate of drug-likeness (QED) is 0.639. The number of nitrogens with two attached hydrogens (primary N) is 1. The Hall–Kier alpha value is -2.07. The van der Waals surface area contributed by atoms with Crippen LogP contribution in [0.4, 0.5) is 5.82 Å². The van der Waals surface area contributed by atoms with Gasteiger partial charge in [-0.25, -0.2) is 5.84 Å². The lowest BCUT2D eigenvalue weighted by atomic mass is 10.0. The molecular weight excluding hydrogens is 226 g/mol. The Morgan fingerprint density at radius 1 is 1.17 bits per heavy atom. The predicted octanol–water partition coefficient (Wildman–Crippen LogP) is 3.28. The normalized spacial score (nSPS) is 10.4. The standard InChI is InChI=1S/C14H17N3O/c1-10(2)11-5-3-6-12(9-11)18-14-8-4-7-13(16-14)17-15/h3-10H,15H2,1-2H3,(H,16,17). The van der Waals surface area contributed by atoms with E-state index in [1.165, 1.54) is 5.56 Å². The maximum atomic E-state index is 5.70. The van der Waals surface area contributed by atoms with Crippen LogP contribution in [0.15, 0.2) is 42.5 Å².